The van der Waals surface area contributed by atoms with Gasteiger partial charge in [-0.15, -0.1) is 0 Å². The van der Waals surface area contributed by atoms with Crippen LogP contribution >= 0.6 is 15.9 Å². The first-order valence-corrected chi connectivity index (χ1v) is 9.53. The molecule has 4 rings (SSSR count). The number of rotatable bonds is 3. The van der Waals surface area contributed by atoms with Gasteiger partial charge in [0, 0.05) is 37.3 Å². The van der Waals surface area contributed by atoms with E-state index in [0.29, 0.717) is 6.61 Å². The maximum Gasteiger partial charge on any atom is 0.138 e. The summed E-state index contributed by atoms with van der Waals surface area (Å²) in [5.41, 5.74) is 3.57. The Labute approximate surface area is 150 Å². The van der Waals surface area contributed by atoms with Crippen molar-refractivity contribution in [2.24, 2.45) is 0 Å². The molecular formula is C18H23BrN4O. The monoisotopic (exact) mass is 390 g/mol. The van der Waals surface area contributed by atoms with Crippen LogP contribution in [0.25, 0.3) is 0 Å². The lowest BCUT2D eigenvalue weighted by Gasteiger charge is -2.14. The summed E-state index contributed by atoms with van der Waals surface area (Å²) in [6.07, 6.45) is 6.95. The zero-order chi connectivity index (χ0) is 16.4. The van der Waals surface area contributed by atoms with E-state index in [0.717, 1.165) is 48.5 Å². The molecule has 0 bridgehead atoms. The third-order valence-corrected chi connectivity index (χ3v) is 5.33. The maximum absolute atomic E-state index is 5.82. The van der Waals surface area contributed by atoms with Gasteiger partial charge in [-0.1, -0.05) is 6.42 Å². The Kier molecular flexibility index (Phi) is 4.76. The van der Waals surface area contributed by atoms with Crippen molar-refractivity contribution >= 4 is 21.6 Å². The van der Waals surface area contributed by atoms with Crippen LogP contribution in [-0.2, 0) is 26.1 Å². The van der Waals surface area contributed by atoms with Crippen molar-refractivity contribution in [3.8, 4) is 5.75 Å². The van der Waals surface area contributed by atoms with Gasteiger partial charge in [0.2, 0.25) is 0 Å². The number of hydrogen-bond donors (Lipinski definition) is 2. The molecule has 0 atom stereocenters. The average Bonchev–Trinajstić information content (AvgIpc) is 2.77. The molecule has 24 heavy (non-hydrogen) atoms. The van der Waals surface area contributed by atoms with Gasteiger partial charge in [-0.2, -0.15) is 0 Å². The molecule has 0 fully saturated rings. The SMILES string of the molecule is Brc1cc(NCc2cnc3n2CCCCC3)cc2c1OCCNC2. The predicted octanol–water partition coefficient (Wildman–Crippen LogP) is 3.47. The number of ether oxygens (including phenoxy) is 1. The molecule has 2 aromatic rings. The van der Waals surface area contributed by atoms with Gasteiger partial charge in [-0.3, -0.25) is 0 Å². The Morgan fingerprint density at radius 2 is 2.25 bits per heavy atom. The Balaban J connectivity index is 1.51. The molecule has 2 aliphatic heterocycles. The van der Waals surface area contributed by atoms with E-state index in [9.17, 15) is 0 Å². The summed E-state index contributed by atoms with van der Waals surface area (Å²) >= 11 is 3.65. The van der Waals surface area contributed by atoms with Crippen LogP contribution in [0, 0.1) is 0 Å². The number of halogens is 1. The molecule has 3 heterocycles. The minimum Gasteiger partial charge on any atom is -0.491 e. The second-order valence-corrected chi connectivity index (χ2v) is 7.31. The van der Waals surface area contributed by atoms with Crippen molar-refractivity contribution in [1.82, 2.24) is 14.9 Å². The van der Waals surface area contributed by atoms with E-state index in [1.54, 1.807) is 0 Å². The van der Waals surface area contributed by atoms with E-state index >= 15 is 0 Å². The predicted molar refractivity (Wildman–Crippen MR) is 98.5 cm³/mol. The van der Waals surface area contributed by atoms with E-state index in [4.69, 9.17) is 4.74 Å². The molecule has 5 nitrogen and oxygen atoms in total. The number of aryl methyl sites for hydroxylation is 1. The topological polar surface area (TPSA) is 51.1 Å². The van der Waals surface area contributed by atoms with Gasteiger partial charge in [-0.05, 0) is 40.9 Å². The third kappa shape index (κ3) is 3.30. The molecule has 128 valence electrons. The van der Waals surface area contributed by atoms with Crippen molar-refractivity contribution in [1.29, 1.82) is 0 Å². The summed E-state index contributed by atoms with van der Waals surface area (Å²) in [5, 5.41) is 6.94. The van der Waals surface area contributed by atoms with Crippen LogP contribution in [0.4, 0.5) is 5.69 Å². The summed E-state index contributed by atoms with van der Waals surface area (Å²) < 4.78 is 9.23. The van der Waals surface area contributed by atoms with Gasteiger partial charge in [-0.25, -0.2) is 4.98 Å². The largest absolute Gasteiger partial charge is 0.491 e. The summed E-state index contributed by atoms with van der Waals surface area (Å²) in [7, 11) is 0. The van der Waals surface area contributed by atoms with Crippen molar-refractivity contribution < 1.29 is 4.74 Å². The maximum atomic E-state index is 5.82. The number of aromatic nitrogens is 2. The van der Waals surface area contributed by atoms with Gasteiger partial charge in [0.1, 0.15) is 18.2 Å². The molecular weight excluding hydrogens is 368 g/mol. The fraction of sp³-hybridized carbons (Fsp3) is 0.500. The normalized spacial score (nSPS) is 17.2. The van der Waals surface area contributed by atoms with Crippen LogP contribution in [-0.4, -0.2) is 22.7 Å². The number of nitrogens with one attached hydrogen (secondary N) is 2. The zero-order valence-corrected chi connectivity index (χ0v) is 15.4. The smallest absolute Gasteiger partial charge is 0.138 e. The average molecular weight is 391 g/mol. The van der Waals surface area contributed by atoms with E-state index in [2.05, 4.69) is 48.2 Å². The quantitative estimate of drug-likeness (QED) is 0.842. The molecule has 0 aliphatic carbocycles. The molecule has 0 saturated carbocycles. The highest BCUT2D eigenvalue weighted by Crippen LogP contribution is 2.34. The van der Waals surface area contributed by atoms with Crippen molar-refractivity contribution in [2.75, 3.05) is 18.5 Å². The molecule has 1 aromatic heterocycles. The second kappa shape index (κ2) is 7.15. The van der Waals surface area contributed by atoms with Crippen molar-refractivity contribution in [3.05, 3.63) is 39.9 Å². The number of nitrogens with zero attached hydrogens (tertiary/aromatic N) is 2. The highest BCUT2D eigenvalue weighted by molar-refractivity contribution is 9.10. The molecule has 2 N–H and O–H groups in total. The summed E-state index contributed by atoms with van der Waals surface area (Å²) in [5.74, 6) is 2.20. The zero-order valence-electron chi connectivity index (χ0n) is 13.8. The Bertz CT molecular complexity index is 728. The lowest BCUT2D eigenvalue weighted by atomic mass is 10.1. The van der Waals surface area contributed by atoms with Crippen LogP contribution in [0.3, 0.4) is 0 Å². The molecule has 0 unspecified atom stereocenters. The van der Waals surface area contributed by atoms with E-state index in [-0.39, 0.29) is 0 Å². The third-order valence-electron chi connectivity index (χ3n) is 4.74. The van der Waals surface area contributed by atoms with E-state index < -0.39 is 0 Å². The fourth-order valence-electron chi connectivity index (χ4n) is 3.48. The number of anilines is 1. The standard InChI is InChI=1S/C18H23BrN4O/c19-16-9-14(8-13-10-20-5-7-24-18(13)16)21-11-15-12-22-17-4-2-1-3-6-23(15)17/h8-9,12,20-21H,1-7,10-11H2. The van der Waals surface area contributed by atoms with Gasteiger partial charge in [0.25, 0.3) is 0 Å². The van der Waals surface area contributed by atoms with Crippen LogP contribution in [0.1, 0.15) is 36.3 Å². The van der Waals surface area contributed by atoms with Gasteiger partial charge >= 0.3 is 0 Å². The van der Waals surface area contributed by atoms with Crippen LogP contribution in [0.2, 0.25) is 0 Å². The number of hydrogen-bond acceptors (Lipinski definition) is 4. The number of fused-ring (bicyclic) bond motifs is 2. The highest BCUT2D eigenvalue weighted by atomic mass is 79.9. The molecule has 1 aromatic carbocycles. The first-order chi connectivity index (χ1) is 11.8. The molecule has 0 saturated heterocycles. The first-order valence-electron chi connectivity index (χ1n) is 8.74. The second-order valence-electron chi connectivity index (χ2n) is 6.45. The summed E-state index contributed by atoms with van der Waals surface area (Å²) in [6.45, 7) is 4.32. The number of benzene rings is 1. The highest BCUT2D eigenvalue weighted by Gasteiger charge is 2.15. The summed E-state index contributed by atoms with van der Waals surface area (Å²) in [6, 6.07) is 4.28. The Hall–Kier alpha value is -1.53. The first kappa shape index (κ1) is 16.0. The van der Waals surface area contributed by atoms with Crippen LogP contribution in [0.15, 0.2) is 22.8 Å². The van der Waals surface area contributed by atoms with Gasteiger partial charge < -0.3 is 19.9 Å². The van der Waals surface area contributed by atoms with Crippen molar-refractivity contribution in [2.45, 2.75) is 45.3 Å². The lowest BCUT2D eigenvalue weighted by Crippen LogP contribution is -2.16. The van der Waals surface area contributed by atoms with E-state index in [1.165, 1.54) is 36.3 Å². The molecule has 0 spiro atoms. The Morgan fingerprint density at radius 1 is 1.29 bits per heavy atom. The minimum atomic E-state index is 0.709. The summed E-state index contributed by atoms with van der Waals surface area (Å²) in [4.78, 5) is 4.61. The number of imidazole rings is 1. The fourth-order valence-corrected chi connectivity index (χ4v) is 4.10. The lowest BCUT2D eigenvalue weighted by molar-refractivity contribution is 0.324. The van der Waals surface area contributed by atoms with Gasteiger partial charge in [0.15, 0.2) is 0 Å². The molecule has 6 heteroatoms. The Morgan fingerprint density at radius 3 is 3.21 bits per heavy atom. The van der Waals surface area contributed by atoms with Gasteiger partial charge in [0.05, 0.1) is 22.9 Å². The molecule has 0 amide bonds. The minimum absolute atomic E-state index is 0.709. The van der Waals surface area contributed by atoms with Crippen molar-refractivity contribution in [3.63, 3.8) is 0 Å². The van der Waals surface area contributed by atoms with Crippen LogP contribution < -0.4 is 15.4 Å². The van der Waals surface area contributed by atoms with Crippen LogP contribution in [0.5, 0.6) is 5.75 Å². The molecule has 0 radical (unpaired) electrons. The van der Waals surface area contributed by atoms with E-state index in [1.807, 2.05) is 6.20 Å². The molecule has 2 aliphatic rings.